The second-order valence-electron chi connectivity index (χ2n) is 4.56. The number of hydrogen-bond acceptors (Lipinski definition) is 2. The van der Waals surface area contributed by atoms with E-state index in [4.69, 9.17) is 0 Å². The van der Waals surface area contributed by atoms with Crippen molar-refractivity contribution in [3.8, 4) is 0 Å². The van der Waals surface area contributed by atoms with Crippen molar-refractivity contribution in [3.05, 3.63) is 53.6 Å². The number of aromatic nitrogens is 2. The molecule has 0 radical (unpaired) electrons. The topological polar surface area (TPSA) is 29.9 Å². The van der Waals surface area contributed by atoms with Gasteiger partial charge < -0.3 is 5.32 Å². The van der Waals surface area contributed by atoms with Crippen LogP contribution >= 0.6 is 0 Å². The van der Waals surface area contributed by atoms with Gasteiger partial charge in [-0.25, -0.2) is 4.39 Å². The van der Waals surface area contributed by atoms with Crippen LogP contribution in [-0.4, -0.2) is 15.8 Å². The van der Waals surface area contributed by atoms with Gasteiger partial charge in [0, 0.05) is 25.8 Å². The molecule has 18 heavy (non-hydrogen) atoms. The number of hydrogen-bond donors (Lipinski definition) is 1. The number of rotatable bonds is 5. The fourth-order valence-corrected chi connectivity index (χ4v) is 1.90. The summed E-state index contributed by atoms with van der Waals surface area (Å²) in [5.41, 5.74) is 1.75. The maximum Gasteiger partial charge on any atom is 0.126 e. The molecular formula is C14H18FN3. The third-order valence-electron chi connectivity index (χ3n) is 2.88. The molecule has 96 valence electrons. The lowest BCUT2D eigenvalue weighted by molar-refractivity contribution is 0.519. The molecule has 0 amide bonds. The van der Waals surface area contributed by atoms with E-state index in [1.54, 1.807) is 10.7 Å². The third kappa shape index (κ3) is 3.40. The molecule has 0 aliphatic heterocycles. The molecule has 1 unspecified atom stereocenters. The van der Waals surface area contributed by atoms with Crippen LogP contribution in [0.25, 0.3) is 0 Å². The van der Waals surface area contributed by atoms with Gasteiger partial charge in [-0.1, -0.05) is 18.2 Å². The second-order valence-corrected chi connectivity index (χ2v) is 4.56. The van der Waals surface area contributed by atoms with Gasteiger partial charge >= 0.3 is 0 Å². The fourth-order valence-electron chi connectivity index (χ4n) is 1.90. The van der Waals surface area contributed by atoms with Crippen molar-refractivity contribution in [1.29, 1.82) is 0 Å². The van der Waals surface area contributed by atoms with Gasteiger partial charge in [0.05, 0.1) is 5.69 Å². The molecule has 1 atom stereocenters. The molecule has 2 rings (SSSR count). The Hall–Kier alpha value is -1.68. The summed E-state index contributed by atoms with van der Waals surface area (Å²) in [7, 11) is 1.90. The zero-order chi connectivity index (χ0) is 13.0. The molecule has 0 saturated carbocycles. The highest BCUT2D eigenvalue weighted by Gasteiger charge is 2.07. The van der Waals surface area contributed by atoms with Crippen LogP contribution in [0.1, 0.15) is 18.2 Å². The number of halogens is 1. The highest BCUT2D eigenvalue weighted by molar-refractivity contribution is 5.18. The summed E-state index contributed by atoms with van der Waals surface area (Å²) in [5.74, 6) is -0.135. The zero-order valence-corrected chi connectivity index (χ0v) is 10.7. The molecule has 0 fully saturated rings. The molecule has 3 nitrogen and oxygen atoms in total. The first-order chi connectivity index (χ1) is 8.65. The molecule has 2 aromatic rings. The van der Waals surface area contributed by atoms with Crippen LogP contribution in [-0.2, 0) is 20.0 Å². The summed E-state index contributed by atoms with van der Waals surface area (Å²) in [6.07, 6.45) is 2.60. The first kappa shape index (κ1) is 12.8. The zero-order valence-electron chi connectivity index (χ0n) is 10.7. The van der Waals surface area contributed by atoms with Gasteiger partial charge in [0.15, 0.2) is 0 Å². The van der Waals surface area contributed by atoms with Gasteiger partial charge in [0.1, 0.15) is 5.82 Å². The van der Waals surface area contributed by atoms with Crippen molar-refractivity contribution in [3.63, 3.8) is 0 Å². The Labute approximate surface area is 107 Å². The third-order valence-corrected chi connectivity index (χ3v) is 2.88. The Bertz CT molecular complexity index is 507. The van der Waals surface area contributed by atoms with E-state index in [2.05, 4.69) is 17.3 Å². The summed E-state index contributed by atoms with van der Waals surface area (Å²) >= 11 is 0. The van der Waals surface area contributed by atoms with Crippen molar-refractivity contribution in [2.24, 2.45) is 7.05 Å². The van der Waals surface area contributed by atoms with Crippen LogP contribution in [0.2, 0.25) is 0 Å². The van der Waals surface area contributed by atoms with Gasteiger partial charge in [-0.15, -0.1) is 0 Å². The van der Waals surface area contributed by atoms with E-state index in [0.717, 1.165) is 11.3 Å². The predicted octanol–water partition coefficient (Wildman–Crippen LogP) is 2.28. The minimum atomic E-state index is -0.135. The van der Waals surface area contributed by atoms with E-state index in [0.29, 0.717) is 13.0 Å². The summed E-state index contributed by atoms with van der Waals surface area (Å²) in [6, 6.07) is 9.09. The van der Waals surface area contributed by atoms with Crippen LogP contribution in [0.4, 0.5) is 4.39 Å². The van der Waals surface area contributed by atoms with Crippen molar-refractivity contribution in [1.82, 2.24) is 15.1 Å². The maximum absolute atomic E-state index is 13.5. The number of aryl methyl sites for hydroxylation is 1. The Morgan fingerprint density at radius 2 is 2.11 bits per heavy atom. The Morgan fingerprint density at radius 3 is 2.78 bits per heavy atom. The van der Waals surface area contributed by atoms with E-state index >= 15 is 0 Å². The van der Waals surface area contributed by atoms with Gasteiger partial charge in [-0.05, 0) is 31.0 Å². The summed E-state index contributed by atoms with van der Waals surface area (Å²) in [5, 5.41) is 7.63. The van der Waals surface area contributed by atoms with E-state index in [-0.39, 0.29) is 11.9 Å². The second kappa shape index (κ2) is 5.78. The van der Waals surface area contributed by atoms with Gasteiger partial charge in [0.2, 0.25) is 0 Å². The maximum atomic E-state index is 13.5. The number of nitrogens with one attached hydrogen (secondary N) is 1. The number of benzene rings is 1. The quantitative estimate of drug-likeness (QED) is 0.878. The fraction of sp³-hybridized carbons (Fsp3) is 0.357. The summed E-state index contributed by atoms with van der Waals surface area (Å²) in [4.78, 5) is 0. The minimum Gasteiger partial charge on any atom is -0.308 e. The van der Waals surface area contributed by atoms with E-state index in [1.807, 2.05) is 31.4 Å². The Kier molecular flexibility index (Phi) is 4.10. The largest absolute Gasteiger partial charge is 0.308 e. The SMILES string of the molecule is CC(Cc1ccccc1F)NCc1ccn(C)n1. The van der Waals surface area contributed by atoms with Gasteiger partial charge in [-0.3, -0.25) is 4.68 Å². The first-order valence-electron chi connectivity index (χ1n) is 6.10. The normalized spacial score (nSPS) is 12.6. The van der Waals surface area contributed by atoms with Crippen LogP contribution < -0.4 is 5.32 Å². The molecule has 0 spiro atoms. The standard InChI is InChI=1S/C14H18FN3/c1-11(9-12-5-3-4-6-14(12)15)16-10-13-7-8-18(2)17-13/h3-8,11,16H,9-10H2,1-2H3. The lowest BCUT2D eigenvalue weighted by atomic mass is 10.1. The van der Waals surface area contributed by atoms with Crippen molar-refractivity contribution in [2.45, 2.75) is 25.9 Å². The summed E-state index contributed by atoms with van der Waals surface area (Å²) < 4.78 is 15.2. The molecule has 1 N–H and O–H groups in total. The average Bonchev–Trinajstić information content (AvgIpc) is 2.76. The molecule has 1 aromatic heterocycles. The predicted molar refractivity (Wildman–Crippen MR) is 69.6 cm³/mol. The minimum absolute atomic E-state index is 0.135. The van der Waals surface area contributed by atoms with Crippen LogP contribution in [0.3, 0.4) is 0 Å². The van der Waals surface area contributed by atoms with Crippen LogP contribution in [0.15, 0.2) is 36.5 Å². The van der Waals surface area contributed by atoms with Crippen LogP contribution in [0.5, 0.6) is 0 Å². The highest BCUT2D eigenvalue weighted by atomic mass is 19.1. The summed E-state index contributed by atoms with van der Waals surface area (Å²) in [6.45, 7) is 2.76. The van der Waals surface area contributed by atoms with E-state index in [1.165, 1.54) is 6.07 Å². The molecule has 1 heterocycles. The van der Waals surface area contributed by atoms with Crippen molar-refractivity contribution < 1.29 is 4.39 Å². The van der Waals surface area contributed by atoms with E-state index in [9.17, 15) is 4.39 Å². The molecule has 0 aliphatic carbocycles. The molecular weight excluding hydrogens is 229 g/mol. The molecule has 1 aromatic carbocycles. The Morgan fingerprint density at radius 1 is 1.33 bits per heavy atom. The van der Waals surface area contributed by atoms with Crippen molar-refractivity contribution in [2.75, 3.05) is 0 Å². The van der Waals surface area contributed by atoms with Crippen molar-refractivity contribution >= 4 is 0 Å². The molecule has 0 aliphatic rings. The highest BCUT2D eigenvalue weighted by Crippen LogP contribution is 2.09. The average molecular weight is 247 g/mol. The number of nitrogens with zero attached hydrogens (tertiary/aromatic N) is 2. The lowest BCUT2D eigenvalue weighted by Crippen LogP contribution is -2.28. The monoisotopic (exact) mass is 247 g/mol. The van der Waals surface area contributed by atoms with Gasteiger partial charge in [0.25, 0.3) is 0 Å². The molecule has 0 saturated heterocycles. The lowest BCUT2D eigenvalue weighted by Gasteiger charge is -2.13. The van der Waals surface area contributed by atoms with E-state index < -0.39 is 0 Å². The first-order valence-corrected chi connectivity index (χ1v) is 6.10. The molecule has 4 heteroatoms. The van der Waals surface area contributed by atoms with Crippen LogP contribution in [0, 0.1) is 5.82 Å². The Balaban J connectivity index is 1.85. The smallest absolute Gasteiger partial charge is 0.126 e. The van der Waals surface area contributed by atoms with Gasteiger partial charge in [-0.2, -0.15) is 5.10 Å². The molecule has 0 bridgehead atoms.